The predicted molar refractivity (Wildman–Crippen MR) is 90.1 cm³/mol. The van der Waals surface area contributed by atoms with Crippen LogP contribution in [0.15, 0.2) is 23.2 Å². The number of rotatable bonds is 6. The molecule has 0 fully saturated rings. The zero-order chi connectivity index (χ0) is 16.6. The van der Waals surface area contributed by atoms with Crippen LogP contribution in [-0.4, -0.2) is 31.8 Å². The smallest absolute Gasteiger partial charge is 0.357 e. The van der Waals surface area contributed by atoms with Crippen LogP contribution in [0.4, 0.5) is 22.0 Å². The third-order valence-corrected chi connectivity index (χ3v) is 2.73. The number of benzene rings is 1. The van der Waals surface area contributed by atoms with Crippen molar-refractivity contribution in [3.63, 3.8) is 0 Å². The number of aliphatic imine (C=N–C) groups is 1. The van der Waals surface area contributed by atoms with Crippen LogP contribution in [-0.2, 0) is 6.42 Å². The van der Waals surface area contributed by atoms with E-state index in [2.05, 4.69) is 15.6 Å². The number of hydrogen-bond donors (Lipinski definition) is 2. The van der Waals surface area contributed by atoms with Crippen LogP contribution in [0.25, 0.3) is 0 Å². The van der Waals surface area contributed by atoms with Gasteiger partial charge in [0.1, 0.15) is 0 Å². The van der Waals surface area contributed by atoms with Gasteiger partial charge in [0.2, 0.25) is 0 Å². The fourth-order valence-electron chi connectivity index (χ4n) is 1.69. The molecule has 0 bridgehead atoms. The van der Waals surface area contributed by atoms with Gasteiger partial charge in [-0.3, -0.25) is 4.99 Å². The van der Waals surface area contributed by atoms with Crippen LogP contribution in [0.1, 0.15) is 18.9 Å². The number of halogens is 6. The molecule has 1 aromatic rings. The highest BCUT2D eigenvalue weighted by Crippen LogP contribution is 2.18. The first-order valence-electron chi connectivity index (χ1n) is 6.85. The molecule has 0 saturated carbocycles. The summed E-state index contributed by atoms with van der Waals surface area (Å²) in [6.07, 6.45) is -5.08. The highest BCUT2D eigenvalue weighted by Gasteiger charge is 2.26. The lowest BCUT2D eigenvalue weighted by Crippen LogP contribution is -2.38. The lowest BCUT2D eigenvalue weighted by molar-refractivity contribution is -0.132. The molecule has 0 heterocycles. The van der Waals surface area contributed by atoms with Gasteiger partial charge >= 0.3 is 6.18 Å². The normalized spacial score (nSPS) is 11.8. The standard InChI is InChI=1S/C14H18F5N3.HI/c1-2-20-13(22-9-7-14(17,18)19)21-8-6-10-4-3-5-11(15)12(10)16;/h3-5H,2,6-9H2,1H3,(H2,20,21,22);1H. The van der Waals surface area contributed by atoms with Gasteiger partial charge in [0.05, 0.1) is 13.0 Å². The molecule has 0 unspecified atom stereocenters. The number of guanidine groups is 1. The third-order valence-electron chi connectivity index (χ3n) is 2.73. The summed E-state index contributed by atoms with van der Waals surface area (Å²) in [5, 5.41) is 5.57. The average molecular weight is 451 g/mol. The van der Waals surface area contributed by atoms with E-state index in [-0.39, 0.29) is 48.5 Å². The Morgan fingerprint density at radius 2 is 1.87 bits per heavy atom. The van der Waals surface area contributed by atoms with Crippen molar-refractivity contribution in [2.45, 2.75) is 25.9 Å². The van der Waals surface area contributed by atoms with Crippen molar-refractivity contribution in [2.24, 2.45) is 4.99 Å². The van der Waals surface area contributed by atoms with Crippen LogP contribution in [0.5, 0.6) is 0 Å². The Kier molecular flexibility index (Phi) is 10.1. The Bertz CT molecular complexity index is 506. The summed E-state index contributed by atoms with van der Waals surface area (Å²) in [5.41, 5.74) is 0.193. The third kappa shape index (κ3) is 8.92. The van der Waals surface area contributed by atoms with Crippen molar-refractivity contribution in [3.05, 3.63) is 35.4 Å². The molecule has 0 amide bonds. The van der Waals surface area contributed by atoms with Gasteiger partial charge in [-0.1, -0.05) is 12.1 Å². The maximum absolute atomic E-state index is 13.4. The second kappa shape index (κ2) is 10.6. The molecule has 9 heteroatoms. The first-order valence-corrected chi connectivity index (χ1v) is 6.85. The Hall–Kier alpha value is -1.13. The van der Waals surface area contributed by atoms with Crippen LogP contribution >= 0.6 is 24.0 Å². The summed E-state index contributed by atoms with van der Waals surface area (Å²) in [4.78, 5) is 3.78. The molecule has 1 aromatic carbocycles. The minimum Gasteiger partial charge on any atom is -0.357 e. The fraction of sp³-hybridized carbons (Fsp3) is 0.500. The van der Waals surface area contributed by atoms with Crippen LogP contribution in [0.2, 0.25) is 0 Å². The number of nitrogens with zero attached hydrogens (tertiary/aromatic N) is 1. The summed E-state index contributed by atoms with van der Waals surface area (Å²) in [6, 6.07) is 3.87. The monoisotopic (exact) mass is 451 g/mol. The molecule has 0 atom stereocenters. The molecule has 0 aliphatic heterocycles. The van der Waals surface area contributed by atoms with Crippen molar-refractivity contribution in [1.82, 2.24) is 10.6 Å². The van der Waals surface area contributed by atoms with Gasteiger partial charge in [-0.15, -0.1) is 24.0 Å². The van der Waals surface area contributed by atoms with Crippen molar-refractivity contribution < 1.29 is 22.0 Å². The lowest BCUT2D eigenvalue weighted by Gasteiger charge is -2.12. The predicted octanol–water partition coefficient (Wildman–Crippen LogP) is 3.63. The van der Waals surface area contributed by atoms with Crippen LogP contribution < -0.4 is 10.6 Å². The van der Waals surface area contributed by atoms with Crippen LogP contribution in [0, 0.1) is 11.6 Å². The van der Waals surface area contributed by atoms with Gasteiger partial charge in [-0.2, -0.15) is 13.2 Å². The summed E-state index contributed by atoms with van der Waals surface area (Å²) in [6.45, 7) is 2.07. The number of hydrogen-bond acceptors (Lipinski definition) is 1. The lowest BCUT2D eigenvalue weighted by atomic mass is 10.1. The van der Waals surface area contributed by atoms with E-state index >= 15 is 0 Å². The van der Waals surface area contributed by atoms with E-state index in [1.54, 1.807) is 6.92 Å². The second-order valence-electron chi connectivity index (χ2n) is 4.52. The Labute approximate surface area is 148 Å². The molecule has 3 nitrogen and oxygen atoms in total. The highest BCUT2D eigenvalue weighted by molar-refractivity contribution is 14.0. The maximum Gasteiger partial charge on any atom is 0.390 e. The van der Waals surface area contributed by atoms with Gasteiger partial charge in [0.15, 0.2) is 17.6 Å². The van der Waals surface area contributed by atoms with E-state index in [0.29, 0.717) is 6.54 Å². The highest BCUT2D eigenvalue weighted by atomic mass is 127. The van der Waals surface area contributed by atoms with E-state index < -0.39 is 30.8 Å². The fourth-order valence-corrected chi connectivity index (χ4v) is 1.69. The zero-order valence-electron chi connectivity index (χ0n) is 12.5. The maximum atomic E-state index is 13.4. The van der Waals surface area contributed by atoms with Gasteiger partial charge in [0.25, 0.3) is 0 Å². The molecule has 0 spiro atoms. The van der Waals surface area contributed by atoms with E-state index in [4.69, 9.17) is 0 Å². The minimum atomic E-state index is -4.26. The molecular formula is C14H19F5IN3. The second-order valence-corrected chi connectivity index (χ2v) is 4.52. The van der Waals surface area contributed by atoms with E-state index in [9.17, 15) is 22.0 Å². The molecule has 23 heavy (non-hydrogen) atoms. The van der Waals surface area contributed by atoms with Crippen molar-refractivity contribution >= 4 is 29.9 Å². The van der Waals surface area contributed by atoms with Crippen LogP contribution in [0.3, 0.4) is 0 Å². The topological polar surface area (TPSA) is 36.4 Å². The molecule has 1 rings (SSSR count). The Morgan fingerprint density at radius 3 is 2.48 bits per heavy atom. The van der Waals surface area contributed by atoms with Gasteiger partial charge < -0.3 is 10.6 Å². The summed E-state index contributed by atoms with van der Waals surface area (Å²) < 4.78 is 62.6. The largest absolute Gasteiger partial charge is 0.390 e. The van der Waals surface area contributed by atoms with Gasteiger partial charge in [0, 0.05) is 13.1 Å². The van der Waals surface area contributed by atoms with E-state index in [1.165, 1.54) is 12.1 Å². The molecule has 0 radical (unpaired) electrons. The molecular weight excluding hydrogens is 432 g/mol. The van der Waals surface area contributed by atoms with Crippen molar-refractivity contribution in [3.8, 4) is 0 Å². The Balaban J connectivity index is 0.00000484. The molecule has 2 N–H and O–H groups in total. The summed E-state index contributed by atoms with van der Waals surface area (Å²) in [7, 11) is 0. The Morgan fingerprint density at radius 1 is 1.17 bits per heavy atom. The molecule has 0 aromatic heterocycles. The first kappa shape index (κ1) is 21.9. The summed E-state index contributed by atoms with van der Waals surface area (Å²) >= 11 is 0. The quantitative estimate of drug-likeness (QED) is 0.300. The van der Waals surface area contributed by atoms with E-state index in [1.807, 2.05) is 0 Å². The summed E-state index contributed by atoms with van der Waals surface area (Å²) in [5.74, 6) is -1.63. The van der Waals surface area contributed by atoms with Crippen molar-refractivity contribution in [2.75, 3.05) is 19.6 Å². The molecule has 0 aliphatic carbocycles. The zero-order valence-corrected chi connectivity index (χ0v) is 14.8. The number of nitrogens with one attached hydrogen (secondary N) is 2. The van der Waals surface area contributed by atoms with Gasteiger partial charge in [-0.25, -0.2) is 8.78 Å². The first-order chi connectivity index (χ1) is 10.3. The molecule has 132 valence electrons. The minimum absolute atomic E-state index is 0. The average Bonchev–Trinajstić information content (AvgIpc) is 2.42. The number of alkyl halides is 3. The van der Waals surface area contributed by atoms with E-state index in [0.717, 1.165) is 6.07 Å². The van der Waals surface area contributed by atoms with Crippen molar-refractivity contribution in [1.29, 1.82) is 0 Å². The van der Waals surface area contributed by atoms with Gasteiger partial charge in [-0.05, 0) is 25.0 Å². The SMILES string of the molecule is CCNC(=NCCC(F)(F)F)NCCc1cccc(F)c1F.I. The molecule has 0 saturated heterocycles. The molecule has 0 aliphatic rings.